The fraction of sp³-hybridized carbons (Fsp3) is 0.600. The average molecular weight is 342 g/mol. The van der Waals surface area contributed by atoms with Crippen LogP contribution >= 0.6 is 0 Å². The van der Waals surface area contributed by atoms with Gasteiger partial charge in [-0.2, -0.15) is 5.10 Å². The number of amides is 1. The molecule has 136 valence electrons. The van der Waals surface area contributed by atoms with Crippen LogP contribution in [0.1, 0.15) is 62.6 Å². The molecule has 5 heteroatoms. The number of carbonyl (C=O) groups excluding carboxylic acids is 1. The van der Waals surface area contributed by atoms with Crippen molar-refractivity contribution in [3.63, 3.8) is 0 Å². The molecule has 1 aliphatic rings. The first-order valence-corrected chi connectivity index (χ1v) is 9.46. The second-order valence-electron chi connectivity index (χ2n) is 7.75. The van der Waals surface area contributed by atoms with Gasteiger partial charge in [0.05, 0.1) is 11.2 Å². The van der Waals surface area contributed by atoms with Crippen molar-refractivity contribution < 1.29 is 4.79 Å². The van der Waals surface area contributed by atoms with E-state index >= 15 is 0 Å². The minimum absolute atomic E-state index is 0.0321. The molecule has 0 aromatic carbocycles. The summed E-state index contributed by atoms with van der Waals surface area (Å²) in [7, 11) is 0. The van der Waals surface area contributed by atoms with E-state index in [2.05, 4.69) is 49.1 Å². The van der Waals surface area contributed by atoms with Gasteiger partial charge in [0.25, 0.3) is 5.91 Å². The minimum Gasteiger partial charge on any atom is -0.350 e. The predicted octanol–water partition coefficient (Wildman–Crippen LogP) is 3.31. The third-order valence-electron chi connectivity index (χ3n) is 5.26. The zero-order valence-electron chi connectivity index (χ0n) is 15.8. The Bertz CT molecular complexity index is 726. The van der Waals surface area contributed by atoms with Crippen molar-refractivity contribution in [3.8, 4) is 0 Å². The Hall–Kier alpha value is -1.88. The van der Waals surface area contributed by atoms with E-state index in [0.29, 0.717) is 23.6 Å². The molecule has 3 rings (SSSR count). The highest BCUT2D eigenvalue weighted by Gasteiger charge is 2.22. The lowest BCUT2D eigenvalue weighted by molar-refractivity contribution is 0.0922. The lowest BCUT2D eigenvalue weighted by Crippen LogP contribution is -2.41. The van der Waals surface area contributed by atoms with Gasteiger partial charge < -0.3 is 10.2 Å². The topological polar surface area (TPSA) is 49.6 Å². The molecule has 0 unspecified atom stereocenters. The number of carbonyl (C=O) groups is 1. The Labute approximate surface area is 150 Å². The summed E-state index contributed by atoms with van der Waals surface area (Å²) in [6, 6.07) is 8.45. The molecule has 3 heterocycles. The molecule has 5 nitrogen and oxygen atoms in total. The highest BCUT2D eigenvalue weighted by atomic mass is 16.1. The third kappa shape index (κ3) is 4.03. The molecule has 25 heavy (non-hydrogen) atoms. The summed E-state index contributed by atoms with van der Waals surface area (Å²) in [5, 5.41) is 7.73. The SMILES string of the molecule is CC(C)c1cc2cccc(C(=O)NCC3CCN(C(C)C)CC3)n2n1. The first kappa shape index (κ1) is 17.9. The van der Waals surface area contributed by atoms with Crippen LogP contribution in [-0.2, 0) is 0 Å². The van der Waals surface area contributed by atoms with Gasteiger partial charge in [-0.15, -0.1) is 0 Å². The van der Waals surface area contributed by atoms with Gasteiger partial charge in [0.2, 0.25) is 0 Å². The molecule has 1 fully saturated rings. The standard InChI is InChI=1S/C20H30N4O/c1-14(2)18-12-17-6-5-7-19(24(17)22-18)20(25)21-13-16-8-10-23(11-9-16)15(3)4/h5-7,12,14-16H,8-11,13H2,1-4H3,(H,21,25). The van der Waals surface area contributed by atoms with Crippen LogP contribution in [0.25, 0.3) is 5.52 Å². The average Bonchev–Trinajstić information content (AvgIpc) is 3.04. The molecule has 2 aromatic rings. The van der Waals surface area contributed by atoms with Crippen molar-refractivity contribution in [2.24, 2.45) is 5.92 Å². The summed E-state index contributed by atoms with van der Waals surface area (Å²) in [6.07, 6.45) is 2.31. The van der Waals surface area contributed by atoms with E-state index in [-0.39, 0.29) is 5.91 Å². The summed E-state index contributed by atoms with van der Waals surface area (Å²) in [6.45, 7) is 11.7. The summed E-state index contributed by atoms with van der Waals surface area (Å²) in [5.74, 6) is 0.888. The van der Waals surface area contributed by atoms with Gasteiger partial charge in [-0.1, -0.05) is 19.9 Å². The zero-order valence-corrected chi connectivity index (χ0v) is 15.8. The summed E-state index contributed by atoms with van der Waals surface area (Å²) in [4.78, 5) is 15.2. The van der Waals surface area contributed by atoms with E-state index in [1.807, 2.05) is 18.2 Å². The number of nitrogens with one attached hydrogen (secondary N) is 1. The fourth-order valence-electron chi connectivity index (χ4n) is 3.49. The Balaban J connectivity index is 1.63. The quantitative estimate of drug-likeness (QED) is 0.907. The molecule has 0 spiro atoms. The third-order valence-corrected chi connectivity index (χ3v) is 5.26. The fourth-order valence-corrected chi connectivity index (χ4v) is 3.49. The van der Waals surface area contributed by atoms with Crippen molar-refractivity contribution >= 4 is 11.4 Å². The molecule has 1 N–H and O–H groups in total. The number of fused-ring (bicyclic) bond motifs is 1. The number of hydrogen-bond donors (Lipinski definition) is 1. The molecule has 1 amide bonds. The Morgan fingerprint density at radius 1 is 1.24 bits per heavy atom. The Kier molecular flexibility index (Phi) is 5.42. The largest absolute Gasteiger partial charge is 0.350 e. The Morgan fingerprint density at radius 3 is 2.60 bits per heavy atom. The number of likely N-dealkylation sites (tertiary alicyclic amines) is 1. The molecule has 1 aliphatic heterocycles. The second kappa shape index (κ2) is 7.56. The van der Waals surface area contributed by atoms with E-state index in [9.17, 15) is 4.79 Å². The molecule has 0 atom stereocenters. The van der Waals surface area contributed by atoms with Crippen LogP contribution in [0.3, 0.4) is 0 Å². The van der Waals surface area contributed by atoms with E-state index in [4.69, 9.17) is 0 Å². The van der Waals surface area contributed by atoms with Crippen LogP contribution in [0.15, 0.2) is 24.3 Å². The first-order valence-electron chi connectivity index (χ1n) is 9.46. The highest BCUT2D eigenvalue weighted by Crippen LogP contribution is 2.19. The maximum atomic E-state index is 12.7. The van der Waals surface area contributed by atoms with Crippen molar-refractivity contribution in [1.82, 2.24) is 19.8 Å². The van der Waals surface area contributed by atoms with Crippen LogP contribution in [-0.4, -0.2) is 46.1 Å². The lowest BCUT2D eigenvalue weighted by atomic mass is 9.96. The maximum absolute atomic E-state index is 12.7. The van der Waals surface area contributed by atoms with Crippen molar-refractivity contribution in [2.45, 2.75) is 52.5 Å². The minimum atomic E-state index is -0.0321. The number of pyridine rings is 1. The van der Waals surface area contributed by atoms with Gasteiger partial charge in [-0.3, -0.25) is 4.79 Å². The summed E-state index contributed by atoms with van der Waals surface area (Å²) < 4.78 is 1.77. The van der Waals surface area contributed by atoms with Crippen LogP contribution < -0.4 is 5.32 Å². The molecule has 0 aliphatic carbocycles. The summed E-state index contributed by atoms with van der Waals surface area (Å²) in [5.41, 5.74) is 2.60. The highest BCUT2D eigenvalue weighted by molar-refractivity contribution is 5.93. The lowest BCUT2D eigenvalue weighted by Gasteiger charge is -2.34. The molecular formula is C20H30N4O. The molecule has 1 saturated heterocycles. The van der Waals surface area contributed by atoms with Gasteiger partial charge in [0.15, 0.2) is 0 Å². The van der Waals surface area contributed by atoms with Crippen LogP contribution in [0, 0.1) is 5.92 Å². The van der Waals surface area contributed by atoms with Gasteiger partial charge in [0.1, 0.15) is 5.69 Å². The van der Waals surface area contributed by atoms with Crippen molar-refractivity contribution in [1.29, 1.82) is 0 Å². The number of rotatable bonds is 5. The van der Waals surface area contributed by atoms with Crippen LogP contribution in [0.5, 0.6) is 0 Å². The van der Waals surface area contributed by atoms with Gasteiger partial charge >= 0.3 is 0 Å². The zero-order chi connectivity index (χ0) is 18.0. The van der Waals surface area contributed by atoms with Gasteiger partial charge in [0, 0.05) is 12.6 Å². The molecule has 0 saturated carbocycles. The predicted molar refractivity (Wildman–Crippen MR) is 101 cm³/mol. The van der Waals surface area contributed by atoms with Crippen LogP contribution in [0.2, 0.25) is 0 Å². The van der Waals surface area contributed by atoms with Crippen molar-refractivity contribution in [3.05, 3.63) is 35.7 Å². The molecule has 2 aromatic heterocycles. The number of piperidine rings is 1. The van der Waals surface area contributed by atoms with Gasteiger partial charge in [-0.05, 0) is 69.8 Å². The normalized spacial score (nSPS) is 16.9. The first-order chi connectivity index (χ1) is 12.0. The number of nitrogens with zero attached hydrogens (tertiary/aromatic N) is 3. The maximum Gasteiger partial charge on any atom is 0.269 e. The molecule has 0 radical (unpaired) electrons. The summed E-state index contributed by atoms with van der Waals surface area (Å²) >= 11 is 0. The molecular weight excluding hydrogens is 312 g/mol. The monoisotopic (exact) mass is 342 g/mol. The van der Waals surface area contributed by atoms with E-state index in [1.165, 1.54) is 0 Å². The van der Waals surface area contributed by atoms with Crippen LogP contribution in [0.4, 0.5) is 0 Å². The van der Waals surface area contributed by atoms with E-state index < -0.39 is 0 Å². The van der Waals surface area contributed by atoms with E-state index in [0.717, 1.165) is 43.7 Å². The smallest absolute Gasteiger partial charge is 0.269 e. The van der Waals surface area contributed by atoms with Gasteiger partial charge in [-0.25, -0.2) is 4.52 Å². The van der Waals surface area contributed by atoms with Crippen molar-refractivity contribution in [2.75, 3.05) is 19.6 Å². The second-order valence-corrected chi connectivity index (χ2v) is 7.75. The van der Waals surface area contributed by atoms with E-state index in [1.54, 1.807) is 4.52 Å². The Morgan fingerprint density at radius 2 is 1.96 bits per heavy atom. The number of hydrogen-bond acceptors (Lipinski definition) is 3. The number of aromatic nitrogens is 2. The molecule has 0 bridgehead atoms.